The molecule has 2 aliphatic heterocycles. The molecule has 9 heteroatoms. The van der Waals surface area contributed by atoms with Crippen LogP contribution in [0.4, 0.5) is 22.9 Å². The van der Waals surface area contributed by atoms with Gasteiger partial charge in [-0.25, -0.2) is 14.7 Å². The maximum absolute atomic E-state index is 6.33. The van der Waals surface area contributed by atoms with Crippen LogP contribution in [0.3, 0.4) is 0 Å². The van der Waals surface area contributed by atoms with Crippen LogP contribution in [0, 0.1) is 6.92 Å². The number of halogens is 3. The number of hydrogen-bond donors (Lipinski definition) is 1. The van der Waals surface area contributed by atoms with Gasteiger partial charge in [-0.3, -0.25) is 0 Å². The minimum atomic E-state index is -0.242. The lowest BCUT2D eigenvalue weighted by Crippen LogP contribution is -2.46. The van der Waals surface area contributed by atoms with Gasteiger partial charge in [0.05, 0.1) is 28.8 Å². The van der Waals surface area contributed by atoms with Gasteiger partial charge in [0.1, 0.15) is 0 Å². The van der Waals surface area contributed by atoms with Crippen molar-refractivity contribution in [2.75, 3.05) is 10.2 Å². The van der Waals surface area contributed by atoms with Crippen molar-refractivity contribution in [2.24, 2.45) is 9.98 Å². The van der Waals surface area contributed by atoms with Crippen LogP contribution in [0.25, 0.3) is 5.69 Å². The molecular formula is C31H21Cl3N6. The van der Waals surface area contributed by atoms with Crippen LogP contribution >= 0.6 is 34.8 Å². The molecule has 0 saturated carbocycles. The second-order valence-electron chi connectivity index (χ2n) is 9.56. The number of aromatic nitrogens is 2. The zero-order valence-electron chi connectivity index (χ0n) is 21.2. The molecule has 1 atom stereocenters. The first-order chi connectivity index (χ1) is 19.5. The molecule has 0 amide bonds. The number of aliphatic imine (C=N–C) groups is 2. The van der Waals surface area contributed by atoms with Gasteiger partial charge < -0.3 is 10.2 Å². The number of para-hydroxylation sites is 3. The summed E-state index contributed by atoms with van der Waals surface area (Å²) < 4.78 is 1.90. The summed E-state index contributed by atoms with van der Waals surface area (Å²) in [5, 5.41) is 10.1. The van der Waals surface area contributed by atoms with Gasteiger partial charge >= 0.3 is 0 Å². The summed E-state index contributed by atoms with van der Waals surface area (Å²) in [4.78, 5) is 12.5. The van der Waals surface area contributed by atoms with Gasteiger partial charge in [0.15, 0.2) is 17.5 Å². The van der Waals surface area contributed by atoms with Crippen LogP contribution < -0.4 is 10.2 Å². The molecule has 1 N–H and O–H groups in total. The lowest BCUT2D eigenvalue weighted by molar-refractivity contribution is 0.815. The summed E-state index contributed by atoms with van der Waals surface area (Å²) in [5.41, 5.74) is 6.33. The summed E-state index contributed by atoms with van der Waals surface area (Å²) in [5.74, 6) is 1.97. The summed E-state index contributed by atoms with van der Waals surface area (Å²) in [6.45, 7) is 2.03. The second kappa shape index (κ2) is 9.82. The summed E-state index contributed by atoms with van der Waals surface area (Å²) in [6, 6.07) is 31.1. The number of amidine groups is 2. The molecule has 5 aromatic rings. The molecule has 0 aliphatic carbocycles. The van der Waals surface area contributed by atoms with Crippen LogP contribution in [0.1, 0.15) is 22.9 Å². The van der Waals surface area contributed by atoms with Crippen molar-refractivity contribution >= 4 is 69.4 Å². The molecule has 0 fully saturated rings. The first-order valence-corrected chi connectivity index (χ1v) is 13.8. The summed E-state index contributed by atoms with van der Waals surface area (Å²) >= 11 is 19.0. The number of nitrogens with one attached hydrogen (secondary N) is 1. The van der Waals surface area contributed by atoms with E-state index < -0.39 is 0 Å². The quantitative estimate of drug-likeness (QED) is 0.231. The Morgan fingerprint density at radius 3 is 2.20 bits per heavy atom. The smallest absolute Gasteiger partial charge is 0.179 e. The minimum absolute atomic E-state index is 0.242. The van der Waals surface area contributed by atoms with Crippen molar-refractivity contribution < 1.29 is 0 Å². The number of hydrogen-bond acceptors (Lipinski definition) is 5. The second-order valence-corrected chi connectivity index (χ2v) is 10.9. The predicted molar refractivity (Wildman–Crippen MR) is 165 cm³/mol. The van der Waals surface area contributed by atoms with E-state index >= 15 is 0 Å². The van der Waals surface area contributed by atoms with Crippen molar-refractivity contribution in [1.29, 1.82) is 0 Å². The summed E-state index contributed by atoms with van der Waals surface area (Å²) in [7, 11) is 0. The fourth-order valence-corrected chi connectivity index (χ4v) is 5.92. The molecule has 0 unspecified atom stereocenters. The van der Waals surface area contributed by atoms with Gasteiger partial charge in [0, 0.05) is 26.3 Å². The van der Waals surface area contributed by atoms with E-state index in [1.165, 1.54) is 0 Å². The minimum Gasteiger partial charge on any atom is -0.337 e. The van der Waals surface area contributed by atoms with Crippen molar-refractivity contribution in [1.82, 2.24) is 9.78 Å². The standard InChI is InChI=1S/C31H21Cl3N6/c1-18-27-28(19-11-13-20(32)14-12-19)39-26-10-6-5-9-25(26)36-29(35-23-16-21(33)15-22(34)17-23)31(39)37-30(27)40(38-18)24-7-3-2-4-8-24/h2-17,28H,1H3,(H,35,36)/t28-/m1/s1. The van der Waals surface area contributed by atoms with Gasteiger partial charge in [-0.15, -0.1) is 0 Å². The van der Waals surface area contributed by atoms with Gasteiger partial charge in [-0.1, -0.05) is 77.3 Å². The maximum Gasteiger partial charge on any atom is 0.179 e. The third kappa shape index (κ3) is 4.25. The molecule has 3 heterocycles. The highest BCUT2D eigenvalue weighted by Crippen LogP contribution is 2.48. The molecule has 7 rings (SSSR count). The Balaban J connectivity index is 1.50. The van der Waals surface area contributed by atoms with Crippen molar-refractivity contribution in [3.8, 4) is 5.69 Å². The topological polar surface area (TPSA) is 57.8 Å². The number of rotatable bonds is 3. The molecule has 1 aromatic heterocycles. The normalized spacial score (nSPS) is 15.5. The predicted octanol–water partition coefficient (Wildman–Crippen LogP) is 8.94. The zero-order valence-corrected chi connectivity index (χ0v) is 23.5. The van der Waals surface area contributed by atoms with E-state index in [9.17, 15) is 0 Å². The van der Waals surface area contributed by atoms with Crippen molar-refractivity contribution in [3.05, 3.63) is 129 Å². The average Bonchev–Trinajstić information content (AvgIpc) is 3.28. The van der Waals surface area contributed by atoms with Crippen LogP contribution in [0.2, 0.25) is 15.1 Å². The maximum atomic E-state index is 6.33. The summed E-state index contributed by atoms with van der Waals surface area (Å²) in [6.07, 6.45) is 0. The molecule has 0 saturated heterocycles. The number of fused-ring (bicyclic) bond motifs is 4. The fourth-order valence-electron chi connectivity index (χ4n) is 5.27. The average molecular weight is 584 g/mol. The number of anilines is 2. The molecule has 2 aliphatic rings. The molecule has 4 aromatic carbocycles. The lowest BCUT2D eigenvalue weighted by atomic mass is 9.93. The van der Waals surface area contributed by atoms with E-state index in [1.807, 2.05) is 84.4 Å². The van der Waals surface area contributed by atoms with Gasteiger partial charge in [-0.2, -0.15) is 5.10 Å². The van der Waals surface area contributed by atoms with E-state index in [0.29, 0.717) is 32.4 Å². The highest BCUT2D eigenvalue weighted by Gasteiger charge is 2.41. The molecule has 6 nitrogen and oxygen atoms in total. The third-order valence-electron chi connectivity index (χ3n) is 6.95. The van der Waals surface area contributed by atoms with Crippen LogP contribution in [-0.2, 0) is 0 Å². The first-order valence-electron chi connectivity index (χ1n) is 12.7. The molecule has 40 heavy (non-hydrogen) atoms. The fraction of sp³-hybridized carbons (Fsp3) is 0.0645. The Morgan fingerprint density at radius 2 is 1.45 bits per heavy atom. The number of benzene rings is 4. The number of nitrogens with zero attached hydrogens (tertiary/aromatic N) is 5. The Hall–Kier alpha value is -4.10. The van der Waals surface area contributed by atoms with Crippen molar-refractivity contribution in [3.63, 3.8) is 0 Å². The van der Waals surface area contributed by atoms with E-state index in [2.05, 4.69) is 28.4 Å². The van der Waals surface area contributed by atoms with E-state index in [-0.39, 0.29) is 6.04 Å². The Morgan fingerprint density at radius 1 is 0.750 bits per heavy atom. The monoisotopic (exact) mass is 582 g/mol. The van der Waals surface area contributed by atoms with Crippen LogP contribution in [-0.4, -0.2) is 21.5 Å². The largest absolute Gasteiger partial charge is 0.337 e. The third-order valence-corrected chi connectivity index (χ3v) is 7.64. The molecular weight excluding hydrogens is 563 g/mol. The van der Waals surface area contributed by atoms with Crippen LogP contribution in [0.5, 0.6) is 0 Å². The van der Waals surface area contributed by atoms with E-state index in [0.717, 1.165) is 39.7 Å². The Kier molecular flexibility index (Phi) is 6.12. The SMILES string of the molecule is Cc1nn(-c2ccccc2)c2c1[C@@H](c1ccc(Cl)cc1)N1C(=N2)C(Nc2cc(Cl)cc(Cl)c2)=Nc2ccccc21. The van der Waals surface area contributed by atoms with Gasteiger partial charge in [-0.05, 0) is 67.1 Å². The zero-order chi connectivity index (χ0) is 27.4. The lowest BCUT2D eigenvalue weighted by Gasteiger charge is -2.40. The Labute approximate surface area is 246 Å². The van der Waals surface area contributed by atoms with Crippen molar-refractivity contribution in [2.45, 2.75) is 13.0 Å². The molecule has 196 valence electrons. The van der Waals surface area contributed by atoms with Gasteiger partial charge in [0.2, 0.25) is 0 Å². The highest BCUT2D eigenvalue weighted by atomic mass is 35.5. The van der Waals surface area contributed by atoms with Gasteiger partial charge in [0.25, 0.3) is 0 Å². The number of aryl methyl sites for hydroxylation is 1. The first kappa shape index (κ1) is 24.9. The Bertz CT molecular complexity index is 1810. The molecule has 0 radical (unpaired) electrons. The molecule has 0 bridgehead atoms. The highest BCUT2D eigenvalue weighted by molar-refractivity contribution is 6.52. The van der Waals surface area contributed by atoms with E-state index in [1.54, 1.807) is 6.07 Å². The molecule has 0 spiro atoms. The van der Waals surface area contributed by atoms with E-state index in [4.69, 9.17) is 49.9 Å². The van der Waals surface area contributed by atoms with Crippen LogP contribution in [0.15, 0.2) is 107 Å².